The molecule has 2 aromatic rings. The molecule has 0 radical (unpaired) electrons. The average molecular weight is 389 g/mol. The molecule has 0 aliphatic carbocycles. The minimum absolute atomic E-state index is 0.00480. The second-order valence-corrected chi connectivity index (χ2v) is 6.18. The van der Waals surface area contributed by atoms with E-state index in [0.29, 0.717) is 11.1 Å². The molecular formula is C20H18F3N3O2. The predicted octanol–water partition coefficient (Wildman–Crippen LogP) is 3.49. The molecule has 2 N–H and O–H groups in total. The minimum Gasteiger partial charge on any atom is -0.435 e. The number of halogens is 3. The maximum Gasteiger partial charge on any atom is 0.387 e. The van der Waals surface area contributed by atoms with E-state index in [-0.39, 0.29) is 17.3 Å². The van der Waals surface area contributed by atoms with Crippen LogP contribution in [0.25, 0.3) is 6.08 Å². The highest BCUT2D eigenvalue weighted by Gasteiger charge is 2.49. The number of nitrogens with zero attached hydrogens (tertiary/aromatic N) is 2. The van der Waals surface area contributed by atoms with Crippen LogP contribution in [0.5, 0.6) is 5.75 Å². The van der Waals surface area contributed by atoms with Crippen LogP contribution in [0.1, 0.15) is 23.6 Å². The van der Waals surface area contributed by atoms with E-state index in [1.54, 1.807) is 19.1 Å². The lowest BCUT2D eigenvalue weighted by atomic mass is 9.82. The van der Waals surface area contributed by atoms with Gasteiger partial charge in [-0.3, -0.25) is 9.69 Å². The van der Waals surface area contributed by atoms with E-state index < -0.39 is 23.9 Å². The Morgan fingerprint density at radius 2 is 1.82 bits per heavy atom. The molecule has 3 rings (SSSR count). The van der Waals surface area contributed by atoms with E-state index in [1.165, 1.54) is 54.4 Å². The number of carbonyl (C=O) groups is 1. The summed E-state index contributed by atoms with van der Waals surface area (Å²) in [7, 11) is 1.48. The van der Waals surface area contributed by atoms with Gasteiger partial charge in [-0.1, -0.05) is 30.4 Å². The maximum absolute atomic E-state index is 14.1. The molecule has 1 atom stereocenters. The van der Waals surface area contributed by atoms with Crippen molar-refractivity contribution in [3.8, 4) is 5.75 Å². The van der Waals surface area contributed by atoms with Crippen LogP contribution >= 0.6 is 0 Å². The van der Waals surface area contributed by atoms with Crippen LogP contribution < -0.4 is 10.5 Å². The molecule has 0 saturated carbocycles. The first kappa shape index (κ1) is 19.5. The third-order valence-electron chi connectivity index (χ3n) is 4.50. The second kappa shape index (κ2) is 7.38. The van der Waals surface area contributed by atoms with Gasteiger partial charge in [-0.05, 0) is 42.3 Å². The number of rotatable bonds is 5. The largest absolute Gasteiger partial charge is 0.435 e. The molecular weight excluding hydrogens is 371 g/mol. The van der Waals surface area contributed by atoms with Crippen molar-refractivity contribution < 1.29 is 22.7 Å². The summed E-state index contributed by atoms with van der Waals surface area (Å²) in [6, 6.07) is 9.78. The first-order valence-electron chi connectivity index (χ1n) is 8.41. The highest BCUT2D eigenvalue weighted by atomic mass is 19.3. The van der Waals surface area contributed by atoms with Crippen LogP contribution in [-0.2, 0) is 10.3 Å². The topological polar surface area (TPSA) is 67.9 Å². The van der Waals surface area contributed by atoms with Gasteiger partial charge in [0.05, 0.1) is 0 Å². The van der Waals surface area contributed by atoms with Gasteiger partial charge < -0.3 is 10.5 Å². The summed E-state index contributed by atoms with van der Waals surface area (Å²) in [4.78, 5) is 18.7. The SMILES string of the molecule is C/C=C/c1cc([C@]2(c3ccc(OC(F)F)cc3)N=C(N)N(C)C2=O)ccc1F. The summed E-state index contributed by atoms with van der Waals surface area (Å²) in [6.45, 7) is -1.22. The van der Waals surface area contributed by atoms with Crippen molar-refractivity contribution in [1.29, 1.82) is 0 Å². The zero-order chi connectivity index (χ0) is 20.5. The average Bonchev–Trinajstić information content (AvgIpc) is 2.89. The first-order chi connectivity index (χ1) is 13.3. The van der Waals surface area contributed by atoms with Crippen LogP contribution in [0, 0.1) is 5.82 Å². The van der Waals surface area contributed by atoms with E-state index >= 15 is 0 Å². The van der Waals surface area contributed by atoms with Crippen LogP contribution in [0.15, 0.2) is 53.5 Å². The summed E-state index contributed by atoms with van der Waals surface area (Å²) >= 11 is 0. The molecule has 0 bridgehead atoms. The fraction of sp³-hybridized carbons (Fsp3) is 0.200. The third-order valence-corrected chi connectivity index (χ3v) is 4.50. The van der Waals surface area contributed by atoms with Crippen LogP contribution in [-0.4, -0.2) is 30.4 Å². The smallest absolute Gasteiger partial charge is 0.387 e. The lowest BCUT2D eigenvalue weighted by Gasteiger charge is -2.26. The van der Waals surface area contributed by atoms with Crippen LogP contribution in [0.2, 0.25) is 0 Å². The number of aliphatic imine (C=N–C) groups is 1. The quantitative estimate of drug-likeness (QED) is 0.851. The number of likely N-dealkylation sites (N-methyl/N-ethyl adjacent to an activating group) is 1. The molecule has 1 heterocycles. The van der Waals surface area contributed by atoms with Crippen molar-refractivity contribution in [2.75, 3.05) is 7.05 Å². The number of allylic oxidation sites excluding steroid dienone is 1. The molecule has 0 aromatic heterocycles. The lowest BCUT2D eigenvalue weighted by Crippen LogP contribution is -2.41. The first-order valence-corrected chi connectivity index (χ1v) is 8.41. The standard InChI is InChI=1S/C20H18F3N3O2/c1-3-4-12-11-14(7-10-16(12)21)20(17(27)26(2)19(24)25-20)13-5-8-15(9-6-13)28-18(22)23/h3-11,18H,1-2H3,(H2,24,25)/b4-3+/t20-/m0/s1. The predicted molar refractivity (Wildman–Crippen MR) is 99.4 cm³/mol. The molecule has 1 aliphatic rings. The Kier molecular flexibility index (Phi) is 5.13. The Morgan fingerprint density at radius 1 is 1.18 bits per heavy atom. The number of carbonyl (C=O) groups excluding carboxylic acids is 1. The van der Waals surface area contributed by atoms with Crippen molar-refractivity contribution in [2.45, 2.75) is 19.1 Å². The van der Waals surface area contributed by atoms with E-state index in [4.69, 9.17) is 5.73 Å². The van der Waals surface area contributed by atoms with Gasteiger partial charge in [-0.2, -0.15) is 8.78 Å². The summed E-state index contributed by atoms with van der Waals surface area (Å²) in [5.74, 6) is -0.952. The van der Waals surface area contributed by atoms with Gasteiger partial charge in [0.15, 0.2) is 11.5 Å². The van der Waals surface area contributed by atoms with Gasteiger partial charge in [0.25, 0.3) is 5.91 Å². The Morgan fingerprint density at radius 3 is 2.36 bits per heavy atom. The molecule has 5 nitrogen and oxygen atoms in total. The number of alkyl halides is 2. The van der Waals surface area contributed by atoms with Crippen LogP contribution in [0.4, 0.5) is 13.2 Å². The van der Waals surface area contributed by atoms with E-state index in [2.05, 4.69) is 9.73 Å². The van der Waals surface area contributed by atoms with Gasteiger partial charge in [0.1, 0.15) is 11.6 Å². The number of guanidine groups is 1. The lowest BCUT2D eigenvalue weighted by molar-refractivity contribution is -0.129. The zero-order valence-corrected chi connectivity index (χ0v) is 15.2. The highest BCUT2D eigenvalue weighted by molar-refractivity contribution is 6.09. The Balaban J connectivity index is 2.19. The maximum atomic E-state index is 14.1. The number of hydrogen-bond acceptors (Lipinski definition) is 4. The monoisotopic (exact) mass is 389 g/mol. The highest BCUT2D eigenvalue weighted by Crippen LogP contribution is 2.40. The van der Waals surface area contributed by atoms with E-state index in [9.17, 15) is 18.0 Å². The summed E-state index contributed by atoms with van der Waals surface area (Å²) in [5, 5.41) is 0. The van der Waals surface area contributed by atoms with Crippen molar-refractivity contribution in [3.63, 3.8) is 0 Å². The summed E-state index contributed by atoms with van der Waals surface area (Å²) in [5.41, 5.74) is 5.42. The van der Waals surface area contributed by atoms with Gasteiger partial charge in [-0.15, -0.1) is 0 Å². The molecule has 2 aromatic carbocycles. The van der Waals surface area contributed by atoms with Crippen molar-refractivity contribution in [3.05, 3.63) is 71.0 Å². The van der Waals surface area contributed by atoms with Gasteiger partial charge in [0, 0.05) is 12.6 Å². The Hall–Kier alpha value is -3.29. The zero-order valence-electron chi connectivity index (χ0n) is 15.2. The molecule has 146 valence electrons. The fourth-order valence-electron chi connectivity index (χ4n) is 3.14. The number of ether oxygens (including phenoxy) is 1. The van der Waals surface area contributed by atoms with E-state index in [1.807, 2.05) is 0 Å². The van der Waals surface area contributed by atoms with Gasteiger partial charge in [0.2, 0.25) is 0 Å². The molecule has 1 aliphatic heterocycles. The number of hydrogen-bond donors (Lipinski definition) is 1. The summed E-state index contributed by atoms with van der Waals surface area (Å²) in [6.07, 6.45) is 3.24. The summed E-state index contributed by atoms with van der Waals surface area (Å²) < 4.78 is 43.3. The Labute approximate surface area is 159 Å². The Bertz CT molecular complexity index is 958. The third kappa shape index (κ3) is 3.21. The molecule has 1 amide bonds. The normalized spacial score (nSPS) is 19.6. The molecule has 0 saturated heterocycles. The minimum atomic E-state index is -2.96. The van der Waals surface area contributed by atoms with E-state index in [0.717, 1.165) is 0 Å². The van der Waals surface area contributed by atoms with Crippen molar-refractivity contribution in [2.24, 2.45) is 10.7 Å². The molecule has 0 spiro atoms. The molecule has 28 heavy (non-hydrogen) atoms. The van der Waals surface area contributed by atoms with Gasteiger partial charge >= 0.3 is 6.61 Å². The van der Waals surface area contributed by atoms with Crippen LogP contribution in [0.3, 0.4) is 0 Å². The number of nitrogens with two attached hydrogens (primary N) is 1. The molecule has 0 fully saturated rings. The van der Waals surface area contributed by atoms with Crippen molar-refractivity contribution in [1.82, 2.24) is 4.90 Å². The van der Waals surface area contributed by atoms with Gasteiger partial charge in [-0.25, -0.2) is 9.38 Å². The van der Waals surface area contributed by atoms with Crippen molar-refractivity contribution >= 4 is 17.9 Å². The molecule has 0 unspecified atom stereocenters. The fourth-order valence-corrected chi connectivity index (χ4v) is 3.14. The number of benzene rings is 2. The number of amides is 1. The molecule has 8 heteroatoms. The second-order valence-electron chi connectivity index (χ2n) is 6.18.